The van der Waals surface area contributed by atoms with E-state index < -0.39 is 10.1 Å². The Labute approximate surface area is 296 Å². The van der Waals surface area contributed by atoms with Crippen LogP contribution in [0.25, 0.3) is 10.8 Å². The van der Waals surface area contributed by atoms with Crippen molar-refractivity contribution in [1.29, 1.82) is 0 Å². The van der Waals surface area contributed by atoms with Crippen LogP contribution in [0, 0.1) is 0 Å². The summed E-state index contributed by atoms with van der Waals surface area (Å²) in [5.41, 5.74) is 2.41. The molecule has 0 unspecified atom stereocenters. The van der Waals surface area contributed by atoms with E-state index in [1.54, 1.807) is 6.07 Å². The summed E-state index contributed by atoms with van der Waals surface area (Å²) < 4.78 is 36.1. The smallest absolute Gasteiger partial charge is 0.744 e. The van der Waals surface area contributed by atoms with Crippen LogP contribution in [0.4, 0.5) is 0 Å². The molecule has 0 aliphatic rings. The van der Waals surface area contributed by atoms with E-state index in [1.807, 2.05) is 18.2 Å². The van der Waals surface area contributed by atoms with Gasteiger partial charge in [0.05, 0.1) is 4.90 Å². The van der Waals surface area contributed by atoms with Crippen LogP contribution in [0.3, 0.4) is 0 Å². The molecule has 0 aliphatic carbocycles. The molecule has 0 spiro atoms. The number of unbranched alkanes of at least 4 members (excludes halogenated alkanes) is 20. The Morgan fingerprint density at radius 1 is 0.512 bits per heavy atom. The summed E-state index contributed by atoms with van der Waals surface area (Å²) in [6.45, 7) is 4.53. The van der Waals surface area contributed by atoms with Gasteiger partial charge in [0.1, 0.15) is 10.1 Å². The van der Waals surface area contributed by atoms with Gasteiger partial charge in [-0.05, 0) is 53.6 Å². The zero-order chi connectivity index (χ0) is 28.9. The van der Waals surface area contributed by atoms with E-state index in [1.165, 1.54) is 140 Å². The minimum absolute atomic E-state index is 0. The zero-order valence-corrected chi connectivity index (χ0v) is 30.9. The van der Waals surface area contributed by atoms with E-state index in [0.29, 0.717) is 5.39 Å². The van der Waals surface area contributed by atoms with Crippen molar-refractivity contribution in [2.24, 2.45) is 0 Å². The minimum Gasteiger partial charge on any atom is -0.744 e. The number of hydrogen-bond acceptors (Lipinski definition) is 3. The first-order valence-electron chi connectivity index (χ1n) is 17.0. The molecule has 0 bridgehead atoms. The first-order chi connectivity index (χ1) is 19.5. The minimum atomic E-state index is -4.50. The van der Waals surface area contributed by atoms with Crippen molar-refractivity contribution >= 4 is 20.9 Å². The second kappa shape index (κ2) is 24.6. The third kappa shape index (κ3) is 16.8. The number of fused-ring (bicyclic) bond motifs is 1. The van der Waals surface area contributed by atoms with Crippen LogP contribution in [0.2, 0.25) is 0 Å². The maximum absolute atomic E-state index is 12.0. The second-order valence-electron chi connectivity index (χ2n) is 12.1. The van der Waals surface area contributed by atoms with Gasteiger partial charge in [0.25, 0.3) is 0 Å². The van der Waals surface area contributed by atoms with Crippen molar-refractivity contribution in [1.82, 2.24) is 0 Å². The summed E-state index contributed by atoms with van der Waals surface area (Å²) in [5.74, 6) is 0. The SMILES string of the molecule is CCCCCCCCCCCCCc1cccc2c(S(=O)(=O)[O-])ccc(CCCCCCCCCCCCC)c12.[K+]. The van der Waals surface area contributed by atoms with E-state index >= 15 is 0 Å². The Balaban J connectivity index is 0.00000840. The van der Waals surface area contributed by atoms with Crippen LogP contribution in [-0.2, 0) is 23.0 Å². The van der Waals surface area contributed by atoms with Crippen molar-refractivity contribution in [2.75, 3.05) is 0 Å². The number of benzene rings is 2. The molecule has 2 rings (SSSR count). The number of rotatable bonds is 25. The van der Waals surface area contributed by atoms with E-state index in [-0.39, 0.29) is 56.3 Å². The summed E-state index contributed by atoms with van der Waals surface area (Å²) in [4.78, 5) is -0.0639. The van der Waals surface area contributed by atoms with Gasteiger partial charge < -0.3 is 4.55 Å². The maximum atomic E-state index is 12.0. The topological polar surface area (TPSA) is 57.2 Å². The van der Waals surface area contributed by atoms with Crippen molar-refractivity contribution < 1.29 is 64.4 Å². The summed E-state index contributed by atoms with van der Waals surface area (Å²) in [6, 6.07) is 9.35. The largest absolute Gasteiger partial charge is 1.00 e. The van der Waals surface area contributed by atoms with Crippen LogP contribution in [0.15, 0.2) is 35.2 Å². The van der Waals surface area contributed by atoms with Gasteiger partial charge in [-0.15, -0.1) is 0 Å². The molecule has 2 aromatic rings. The fourth-order valence-electron chi connectivity index (χ4n) is 6.13. The average molecular weight is 611 g/mol. The predicted octanol–water partition coefficient (Wildman–Crippen LogP) is 8.45. The molecular weight excluding hydrogens is 552 g/mol. The molecule has 228 valence electrons. The predicted molar refractivity (Wildman–Crippen MR) is 172 cm³/mol. The monoisotopic (exact) mass is 610 g/mol. The van der Waals surface area contributed by atoms with Crippen LogP contribution in [-0.4, -0.2) is 13.0 Å². The molecule has 2 aromatic carbocycles. The Morgan fingerprint density at radius 2 is 0.878 bits per heavy atom. The first-order valence-corrected chi connectivity index (χ1v) is 18.4. The standard InChI is InChI=1S/C36H60O3S.K/c1-3-5-7-9-11-13-15-17-19-21-23-26-32-28-25-29-34-35(40(37,38)39)31-30-33(36(32)34)27-24-22-20-18-16-14-12-10-8-6-4-2;/h25,28-31H,3-24,26-27H2,1-2H3,(H,37,38,39);/q;+1/p-1. The van der Waals surface area contributed by atoms with Gasteiger partial charge in [0.15, 0.2) is 0 Å². The molecule has 0 N–H and O–H groups in total. The molecule has 0 aliphatic heterocycles. The first kappa shape index (κ1) is 39.3. The Hall–Kier alpha value is 0.246. The summed E-state index contributed by atoms with van der Waals surface area (Å²) in [7, 11) is -4.50. The summed E-state index contributed by atoms with van der Waals surface area (Å²) >= 11 is 0. The molecule has 0 atom stereocenters. The average Bonchev–Trinajstić information content (AvgIpc) is 2.94. The fourth-order valence-corrected chi connectivity index (χ4v) is 6.80. The molecule has 5 heteroatoms. The van der Waals surface area contributed by atoms with E-state index in [0.717, 1.165) is 31.1 Å². The van der Waals surface area contributed by atoms with Gasteiger partial charge in [-0.3, -0.25) is 0 Å². The van der Waals surface area contributed by atoms with Gasteiger partial charge in [-0.25, -0.2) is 8.42 Å². The molecule has 0 radical (unpaired) electrons. The quantitative estimate of drug-likeness (QED) is 0.0644. The van der Waals surface area contributed by atoms with Crippen LogP contribution >= 0.6 is 0 Å². The van der Waals surface area contributed by atoms with Crippen molar-refractivity contribution in [2.45, 2.75) is 173 Å². The molecule has 0 saturated carbocycles. The van der Waals surface area contributed by atoms with Gasteiger partial charge >= 0.3 is 51.4 Å². The summed E-state index contributed by atoms with van der Waals surface area (Å²) in [6.07, 6.45) is 30.8. The summed E-state index contributed by atoms with van der Waals surface area (Å²) in [5, 5.41) is 1.65. The van der Waals surface area contributed by atoms with Gasteiger partial charge in [-0.2, -0.15) is 0 Å². The van der Waals surface area contributed by atoms with E-state index in [4.69, 9.17) is 0 Å². The molecule has 0 fully saturated rings. The third-order valence-electron chi connectivity index (χ3n) is 8.54. The molecule has 3 nitrogen and oxygen atoms in total. The van der Waals surface area contributed by atoms with Crippen molar-refractivity contribution in [3.05, 3.63) is 41.5 Å². The molecular formula is C36H59KO3S. The maximum Gasteiger partial charge on any atom is 1.00 e. The second-order valence-corrected chi connectivity index (χ2v) is 13.4. The van der Waals surface area contributed by atoms with Gasteiger partial charge in [0.2, 0.25) is 0 Å². The van der Waals surface area contributed by atoms with Gasteiger partial charge in [0, 0.05) is 0 Å². The van der Waals surface area contributed by atoms with Crippen LogP contribution in [0.5, 0.6) is 0 Å². The van der Waals surface area contributed by atoms with Crippen LogP contribution in [0.1, 0.15) is 166 Å². The molecule has 0 aromatic heterocycles. The third-order valence-corrected chi connectivity index (χ3v) is 9.44. The van der Waals surface area contributed by atoms with Gasteiger partial charge in [-0.1, -0.05) is 167 Å². The van der Waals surface area contributed by atoms with E-state index in [9.17, 15) is 13.0 Å². The molecule has 0 heterocycles. The Morgan fingerprint density at radius 3 is 1.27 bits per heavy atom. The number of hydrogen-bond donors (Lipinski definition) is 0. The van der Waals surface area contributed by atoms with E-state index in [2.05, 4.69) is 19.9 Å². The molecule has 41 heavy (non-hydrogen) atoms. The number of aryl methyl sites for hydroxylation is 2. The zero-order valence-electron chi connectivity index (χ0n) is 27.0. The Kier molecular flexibility index (Phi) is 23.5. The molecule has 0 amide bonds. The van der Waals surface area contributed by atoms with Crippen molar-refractivity contribution in [3.63, 3.8) is 0 Å². The Bertz CT molecular complexity index is 1000. The van der Waals surface area contributed by atoms with Crippen LogP contribution < -0.4 is 51.4 Å². The van der Waals surface area contributed by atoms with Crippen molar-refractivity contribution in [3.8, 4) is 0 Å². The fraction of sp³-hybridized carbons (Fsp3) is 0.722. The molecule has 0 saturated heterocycles. The normalized spacial score (nSPS) is 11.7.